The summed E-state index contributed by atoms with van der Waals surface area (Å²) >= 11 is 1.65. The van der Waals surface area contributed by atoms with E-state index in [0.29, 0.717) is 24.3 Å². The predicted molar refractivity (Wildman–Crippen MR) is 134 cm³/mol. The number of nitrogens with one attached hydrogen (secondary N) is 1. The maximum absolute atomic E-state index is 5.40. The van der Waals surface area contributed by atoms with E-state index in [1.54, 1.807) is 31.8 Å². The van der Waals surface area contributed by atoms with Crippen LogP contribution in [0.1, 0.15) is 18.4 Å². The number of ether oxygens (including phenoxy) is 2. The van der Waals surface area contributed by atoms with Crippen molar-refractivity contribution >= 4 is 27.4 Å². The summed E-state index contributed by atoms with van der Waals surface area (Å²) < 4.78 is 14.5. The zero-order valence-corrected chi connectivity index (χ0v) is 20.9. The molecule has 4 heterocycles. The van der Waals surface area contributed by atoms with Gasteiger partial charge in [0.1, 0.15) is 16.3 Å². The molecule has 10 heteroatoms. The molecule has 0 aromatic carbocycles. The molecule has 180 valence electrons. The molecule has 0 bridgehead atoms. The van der Waals surface area contributed by atoms with Crippen molar-refractivity contribution in [2.24, 2.45) is 18.9 Å². The Balaban J connectivity index is 1.52. The number of anilines is 1. The monoisotopic (exact) mass is 481 g/mol. The number of hydrogen-bond donors (Lipinski definition) is 1. The number of methoxy groups -OCH3 is 2. The fourth-order valence-corrected chi connectivity index (χ4v) is 5.70. The number of hydrogen-bond acceptors (Lipinski definition) is 8. The molecule has 1 N–H and O–H groups in total. The fourth-order valence-electron chi connectivity index (χ4n) is 4.55. The average molecular weight is 482 g/mol. The molecule has 2 atom stereocenters. The van der Waals surface area contributed by atoms with Crippen LogP contribution < -0.4 is 5.32 Å². The summed E-state index contributed by atoms with van der Waals surface area (Å²) in [5, 5.41) is 9.49. The Morgan fingerprint density at radius 2 is 2.00 bits per heavy atom. The largest absolute Gasteiger partial charge is 0.384 e. The first-order chi connectivity index (χ1) is 16.6. The second kappa shape index (κ2) is 9.81. The molecule has 9 nitrogen and oxygen atoms in total. The molecule has 5 rings (SSSR count). The lowest BCUT2D eigenvalue weighted by Gasteiger charge is -2.36. The number of rotatable bonds is 10. The lowest BCUT2D eigenvalue weighted by molar-refractivity contribution is 0.0658. The average Bonchev–Trinajstić information content (AvgIpc) is 3.54. The van der Waals surface area contributed by atoms with Gasteiger partial charge in [-0.3, -0.25) is 4.68 Å². The van der Waals surface area contributed by atoms with Crippen LogP contribution in [0.25, 0.3) is 32.4 Å². The summed E-state index contributed by atoms with van der Waals surface area (Å²) in [5.74, 6) is 3.45. The molecule has 0 spiro atoms. The highest BCUT2D eigenvalue weighted by Gasteiger charge is 2.31. The molecular formula is C24H31N7O2S. The third-order valence-corrected chi connectivity index (χ3v) is 7.90. The van der Waals surface area contributed by atoms with Gasteiger partial charge >= 0.3 is 0 Å². The molecule has 4 aromatic rings. The molecule has 34 heavy (non-hydrogen) atoms. The van der Waals surface area contributed by atoms with Crippen LogP contribution in [-0.2, 0) is 23.1 Å². The Kier molecular flexibility index (Phi) is 6.62. The highest BCUT2D eigenvalue weighted by atomic mass is 32.1. The third-order valence-electron chi connectivity index (χ3n) is 6.70. The van der Waals surface area contributed by atoms with Gasteiger partial charge in [0.2, 0.25) is 0 Å². The van der Waals surface area contributed by atoms with E-state index >= 15 is 0 Å². The van der Waals surface area contributed by atoms with Gasteiger partial charge in [-0.15, -0.1) is 11.3 Å². The van der Waals surface area contributed by atoms with Crippen LogP contribution in [-0.4, -0.2) is 63.3 Å². The van der Waals surface area contributed by atoms with Gasteiger partial charge in [-0.1, -0.05) is 0 Å². The van der Waals surface area contributed by atoms with E-state index in [4.69, 9.17) is 24.5 Å². The van der Waals surface area contributed by atoms with Crippen LogP contribution in [0.5, 0.6) is 0 Å². The maximum Gasteiger partial charge on any atom is 0.199 e. The Labute approximate surface area is 203 Å². The topological polar surface area (TPSA) is 91.9 Å². The van der Waals surface area contributed by atoms with Crippen molar-refractivity contribution in [2.75, 3.05) is 39.3 Å². The van der Waals surface area contributed by atoms with E-state index in [9.17, 15) is 0 Å². The number of imidazole rings is 1. The first-order valence-corrected chi connectivity index (χ1v) is 12.4. The summed E-state index contributed by atoms with van der Waals surface area (Å²) in [4.78, 5) is 16.4. The molecule has 1 saturated carbocycles. The first-order valence-electron chi connectivity index (χ1n) is 11.6. The fraction of sp³-hybridized carbons (Fsp3) is 0.500. The number of aromatic nitrogens is 6. The van der Waals surface area contributed by atoms with Gasteiger partial charge in [-0.25, -0.2) is 15.0 Å². The summed E-state index contributed by atoms with van der Waals surface area (Å²) in [6, 6.07) is 2.05. The minimum Gasteiger partial charge on any atom is -0.384 e. The molecule has 2 unspecified atom stereocenters. The lowest BCUT2D eigenvalue weighted by atomic mass is 9.74. The smallest absolute Gasteiger partial charge is 0.199 e. The zero-order chi connectivity index (χ0) is 23.7. The number of thiophene rings is 1. The Hall–Kier alpha value is -2.82. The van der Waals surface area contributed by atoms with Crippen molar-refractivity contribution in [1.29, 1.82) is 0 Å². The standard InChI is InChI=1S/C24H31N7O2S/c1-15-19-21(26-13-16-5-6-17(16)14-33-4)27-22(23-25-8-10-30(23)2)28-24(19)34-20(15)18-7-9-31(29-18)11-12-32-3/h7-10,16-17H,5-6,11-14H2,1-4H3,(H,26,27,28). The van der Waals surface area contributed by atoms with Gasteiger partial charge in [0.25, 0.3) is 0 Å². The minimum atomic E-state index is 0.594. The van der Waals surface area contributed by atoms with Crippen LogP contribution in [0, 0.1) is 18.8 Å². The van der Waals surface area contributed by atoms with Crippen molar-refractivity contribution < 1.29 is 9.47 Å². The van der Waals surface area contributed by atoms with Gasteiger partial charge in [0.05, 0.1) is 23.4 Å². The summed E-state index contributed by atoms with van der Waals surface area (Å²) in [6.07, 6.45) is 8.13. The molecule has 0 aliphatic heterocycles. The van der Waals surface area contributed by atoms with E-state index < -0.39 is 0 Å². The van der Waals surface area contributed by atoms with Crippen molar-refractivity contribution in [3.8, 4) is 22.2 Å². The van der Waals surface area contributed by atoms with E-state index in [-0.39, 0.29) is 0 Å². The minimum absolute atomic E-state index is 0.594. The zero-order valence-electron chi connectivity index (χ0n) is 20.1. The quantitative estimate of drug-likeness (QED) is 0.366. The van der Waals surface area contributed by atoms with E-state index in [1.165, 1.54) is 12.8 Å². The van der Waals surface area contributed by atoms with E-state index in [0.717, 1.165) is 57.7 Å². The van der Waals surface area contributed by atoms with Crippen LogP contribution in [0.3, 0.4) is 0 Å². The van der Waals surface area contributed by atoms with Gasteiger partial charge < -0.3 is 19.4 Å². The normalized spacial score (nSPS) is 17.9. The SMILES string of the molecule is COCCn1ccc(-c2sc3nc(-c4nccn4C)nc(NCC4CCC4COC)c3c2C)n1. The molecule has 0 saturated heterocycles. The Morgan fingerprint density at radius 3 is 2.71 bits per heavy atom. The molecule has 0 amide bonds. The molecular weight excluding hydrogens is 450 g/mol. The number of nitrogens with zero attached hydrogens (tertiary/aromatic N) is 6. The molecule has 1 fully saturated rings. The number of aryl methyl sites for hydroxylation is 2. The second-order valence-electron chi connectivity index (χ2n) is 8.88. The van der Waals surface area contributed by atoms with E-state index in [2.05, 4.69) is 23.3 Å². The van der Waals surface area contributed by atoms with Gasteiger partial charge in [-0.2, -0.15) is 5.10 Å². The predicted octanol–water partition coefficient (Wildman–Crippen LogP) is 3.99. The van der Waals surface area contributed by atoms with Gasteiger partial charge in [-0.05, 0) is 43.2 Å². The third kappa shape index (κ3) is 4.33. The highest BCUT2D eigenvalue weighted by molar-refractivity contribution is 7.22. The molecule has 0 radical (unpaired) electrons. The second-order valence-corrected chi connectivity index (χ2v) is 9.88. The summed E-state index contributed by atoms with van der Waals surface area (Å²) in [7, 11) is 5.45. The maximum atomic E-state index is 5.40. The highest BCUT2D eigenvalue weighted by Crippen LogP contribution is 2.41. The van der Waals surface area contributed by atoms with Crippen LogP contribution in [0.15, 0.2) is 24.7 Å². The van der Waals surface area contributed by atoms with Gasteiger partial charge in [0, 0.05) is 53.0 Å². The molecule has 4 aromatic heterocycles. The van der Waals surface area contributed by atoms with Gasteiger partial charge in [0.15, 0.2) is 11.6 Å². The van der Waals surface area contributed by atoms with E-state index in [1.807, 2.05) is 28.7 Å². The Bertz CT molecular complexity index is 1280. The molecule has 1 aliphatic carbocycles. The van der Waals surface area contributed by atoms with Crippen LogP contribution >= 0.6 is 11.3 Å². The Morgan fingerprint density at radius 1 is 1.15 bits per heavy atom. The summed E-state index contributed by atoms with van der Waals surface area (Å²) in [5.41, 5.74) is 2.09. The van der Waals surface area contributed by atoms with Crippen LogP contribution in [0.2, 0.25) is 0 Å². The van der Waals surface area contributed by atoms with Crippen molar-refractivity contribution in [3.63, 3.8) is 0 Å². The summed E-state index contributed by atoms with van der Waals surface area (Å²) in [6.45, 7) is 5.17. The van der Waals surface area contributed by atoms with Crippen LogP contribution in [0.4, 0.5) is 5.82 Å². The first kappa shape index (κ1) is 22.9. The van der Waals surface area contributed by atoms with Crippen molar-refractivity contribution in [3.05, 3.63) is 30.2 Å². The van der Waals surface area contributed by atoms with Crippen molar-refractivity contribution in [2.45, 2.75) is 26.3 Å². The number of fused-ring (bicyclic) bond motifs is 1. The molecule has 1 aliphatic rings. The van der Waals surface area contributed by atoms with Crippen molar-refractivity contribution in [1.82, 2.24) is 29.3 Å². The lowest BCUT2D eigenvalue weighted by Crippen LogP contribution is -2.34.